The fourth-order valence-electron chi connectivity index (χ4n) is 2.64. The van der Waals surface area contributed by atoms with E-state index in [1.165, 1.54) is 12.8 Å². The summed E-state index contributed by atoms with van der Waals surface area (Å²) in [6, 6.07) is 8.13. The van der Waals surface area contributed by atoms with E-state index in [0.29, 0.717) is 19.1 Å². The lowest BCUT2D eigenvalue weighted by molar-refractivity contribution is -0.121. The number of ether oxygens (including phenoxy) is 1. The Balaban J connectivity index is 1.81. The van der Waals surface area contributed by atoms with Gasteiger partial charge in [0.25, 0.3) is 0 Å². The van der Waals surface area contributed by atoms with Crippen LogP contribution in [0, 0.1) is 0 Å². The van der Waals surface area contributed by atoms with Gasteiger partial charge in [-0.3, -0.25) is 4.79 Å². The Morgan fingerprint density at radius 2 is 2.19 bits per heavy atom. The molecule has 0 unspecified atom stereocenters. The molecule has 0 bridgehead atoms. The number of nitrogens with two attached hydrogens (primary N) is 1. The van der Waals surface area contributed by atoms with Crippen molar-refractivity contribution in [3.05, 3.63) is 29.8 Å². The Kier molecular flexibility index (Phi) is 6.05. The quantitative estimate of drug-likeness (QED) is 0.810. The van der Waals surface area contributed by atoms with Gasteiger partial charge in [0, 0.05) is 19.0 Å². The van der Waals surface area contributed by atoms with E-state index in [4.69, 9.17) is 10.5 Å². The van der Waals surface area contributed by atoms with Gasteiger partial charge >= 0.3 is 0 Å². The van der Waals surface area contributed by atoms with Gasteiger partial charge in [0.15, 0.2) is 0 Å². The molecule has 0 radical (unpaired) electrons. The molecule has 4 nitrogen and oxygen atoms in total. The third-order valence-corrected chi connectivity index (χ3v) is 3.91. The van der Waals surface area contributed by atoms with Gasteiger partial charge in [0.1, 0.15) is 5.75 Å². The van der Waals surface area contributed by atoms with Crippen LogP contribution in [0.5, 0.6) is 5.75 Å². The van der Waals surface area contributed by atoms with Gasteiger partial charge in [-0.25, -0.2) is 0 Å². The van der Waals surface area contributed by atoms with Crippen molar-refractivity contribution in [2.24, 2.45) is 5.73 Å². The van der Waals surface area contributed by atoms with Gasteiger partial charge in [-0.05, 0) is 56.7 Å². The van der Waals surface area contributed by atoms with Crippen molar-refractivity contribution in [1.82, 2.24) is 5.32 Å². The van der Waals surface area contributed by atoms with Crippen LogP contribution in [0.25, 0.3) is 0 Å². The van der Waals surface area contributed by atoms with Crippen LogP contribution < -0.4 is 15.8 Å². The van der Waals surface area contributed by atoms with E-state index in [1.54, 1.807) is 0 Å². The highest BCUT2D eigenvalue weighted by Crippen LogP contribution is 2.24. The first-order valence-electron chi connectivity index (χ1n) is 7.92. The van der Waals surface area contributed by atoms with Crippen LogP contribution in [-0.2, 0) is 11.2 Å². The second-order valence-corrected chi connectivity index (χ2v) is 5.88. The Labute approximate surface area is 127 Å². The minimum absolute atomic E-state index is 0.0366. The number of rotatable bonds is 7. The molecule has 0 spiro atoms. The number of carbonyl (C=O) groups excluding carboxylic acids is 1. The van der Waals surface area contributed by atoms with E-state index in [9.17, 15) is 4.79 Å². The topological polar surface area (TPSA) is 64.3 Å². The minimum Gasteiger partial charge on any atom is -0.490 e. The standard InChI is InChI=1S/C17H26N2O2/c1-13(12-18)19-17(20)10-9-14-5-4-8-16(11-14)21-15-6-2-3-7-15/h4-5,8,11,13,15H,2-3,6-7,9-10,12,18H2,1H3,(H,19,20)/t13-/m0/s1. The average Bonchev–Trinajstić information content (AvgIpc) is 2.98. The van der Waals surface area contributed by atoms with Crippen molar-refractivity contribution in [3.8, 4) is 5.75 Å². The number of hydrogen-bond acceptors (Lipinski definition) is 3. The normalized spacial score (nSPS) is 16.7. The van der Waals surface area contributed by atoms with Gasteiger partial charge in [0.2, 0.25) is 5.91 Å². The number of amides is 1. The number of aryl methyl sites for hydroxylation is 1. The largest absolute Gasteiger partial charge is 0.490 e. The van der Waals surface area contributed by atoms with E-state index in [-0.39, 0.29) is 11.9 Å². The van der Waals surface area contributed by atoms with Crippen LogP contribution in [0.1, 0.15) is 44.6 Å². The first kappa shape index (κ1) is 15.8. The Morgan fingerprint density at radius 3 is 2.90 bits per heavy atom. The Hall–Kier alpha value is -1.55. The molecule has 2 rings (SSSR count). The molecule has 1 atom stereocenters. The molecule has 4 heteroatoms. The zero-order valence-corrected chi connectivity index (χ0v) is 12.8. The molecule has 1 aliphatic carbocycles. The molecule has 0 aliphatic heterocycles. The number of carbonyl (C=O) groups is 1. The van der Waals surface area contributed by atoms with Gasteiger partial charge in [-0.1, -0.05) is 12.1 Å². The summed E-state index contributed by atoms with van der Waals surface area (Å²) in [6.45, 7) is 2.38. The zero-order chi connectivity index (χ0) is 15.1. The molecule has 1 aliphatic rings. The van der Waals surface area contributed by atoms with E-state index >= 15 is 0 Å². The molecule has 0 aromatic heterocycles. The maximum absolute atomic E-state index is 11.8. The molecular formula is C17H26N2O2. The van der Waals surface area contributed by atoms with E-state index in [1.807, 2.05) is 25.1 Å². The van der Waals surface area contributed by atoms with E-state index in [0.717, 1.165) is 30.6 Å². The fraction of sp³-hybridized carbons (Fsp3) is 0.588. The lowest BCUT2D eigenvalue weighted by atomic mass is 10.1. The molecular weight excluding hydrogens is 264 g/mol. The first-order chi connectivity index (χ1) is 10.2. The summed E-state index contributed by atoms with van der Waals surface area (Å²) in [5.74, 6) is 0.977. The van der Waals surface area contributed by atoms with Crippen molar-refractivity contribution in [2.75, 3.05) is 6.54 Å². The predicted molar refractivity (Wildman–Crippen MR) is 84.3 cm³/mol. The molecule has 1 aromatic rings. The van der Waals surface area contributed by atoms with Crippen LogP contribution in [0.2, 0.25) is 0 Å². The van der Waals surface area contributed by atoms with E-state index in [2.05, 4.69) is 11.4 Å². The maximum atomic E-state index is 11.8. The fourth-order valence-corrected chi connectivity index (χ4v) is 2.64. The van der Waals surface area contributed by atoms with Crippen LogP contribution in [0.15, 0.2) is 24.3 Å². The van der Waals surface area contributed by atoms with Crippen molar-refractivity contribution in [3.63, 3.8) is 0 Å². The van der Waals surface area contributed by atoms with Crippen molar-refractivity contribution in [2.45, 2.75) is 57.6 Å². The summed E-state index contributed by atoms with van der Waals surface area (Å²) in [6.07, 6.45) is 6.43. The highest BCUT2D eigenvalue weighted by Gasteiger charge is 2.16. The second-order valence-electron chi connectivity index (χ2n) is 5.88. The van der Waals surface area contributed by atoms with Gasteiger partial charge in [-0.2, -0.15) is 0 Å². The van der Waals surface area contributed by atoms with Crippen LogP contribution in [-0.4, -0.2) is 24.6 Å². The Morgan fingerprint density at radius 1 is 1.43 bits per heavy atom. The monoisotopic (exact) mass is 290 g/mol. The molecule has 21 heavy (non-hydrogen) atoms. The zero-order valence-electron chi connectivity index (χ0n) is 12.8. The summed E-state index contributed by atoms with van der Waals surface area (Å²) in [7, 11) is 0. The number of benzene rings is 1. The number of hydrogen-bond donors (Lipinski definition) is 2. The SMILES string of the molecule is C[C@@H](CN)NC(=O)CCc1cccc(OC2CCCC2)c1. The van der Waals surface area contributed by atoms with Crippen molar-refractivity contribution >= 4 is 5.91 Å². The predicted octanol–water partition coefficient (Wildman–Crippen LogP) is 2.40. The van der Waals surface area contributed by atoms with Crippen molar-refractivity contribution in [1.29, 1.82) is 0 Å². The first-order valence-corrected chi connectivity index (χ1v) is 7.92. The molecule has 1 fully saturated rings. The molecule has 116 valence electrons. The summed E-state index contributed by atoms with van der Waals surface area (Å²) in [4.78, 5) is 11.8. The average molecular weight is 290 g/mol. The van der Waals surface area contributed by atoms with Crippen LogP contribution in [0.4, 0.5) is 0 Å². The van der Waals surface area contributed by atoms with Crippen LogP contribution >= 0.6 is 0 Å². The Bertz CT molecular complexity index is 456. The minimum atomic E-state index is 0.0366. The maximum Gasteiger partial charge on any atom is 0.220 e. The molecule has 1 saturated carbocycles. The van der Waals surface area contributed by atoms with Gasteiger partial charge in [0.05, 0.1) is 6.10 Å². The summed E-state index contributed by atoms with van der Waals surface area (Å²) in [5, 5.41) is 2.88. The highest BCUT2D eigenvalue weighted by atomic mass is 16.5. The second kappa shape index (κ2) is 8.03. The van der Waals surface area contributed by atoms with Crippen LogP contribution in [0.3, 0.4) is 0 Å². The smallest absolute Gasteiger partial charge is 0.220 e. The highest BCUT2D eigenvalue weighted by molar-refractivity contribution is 5.76. The lowest BCUT2D eigenvalue weighted by Gasteiger charge is -2.14. The summed E-state index contributed by atoms with van der Waals surface area (Å²) >= 11 is 0. The summed E-state index contributed by atoms with van der Waals surface area (Å²) < 4.78 is 5.99. The van der Waals surface area contributed by atoms with Crippen molar-refractivity contribution < 1.29 is 9.53 Å². The van der Waals surface area contributed by atoms with E-state index < -0.39 is 0 Å². The molecule has 1 aromatic carbocycles. The lowest BCUT2D eigenvalue weighted by Crippen LogP contribution is -2.37. The number of nitrogens with one attached hydrogen (secondary N) is 1. The molecule has 1 amide bonds. The third-order valence-electron chi connectivity index (χ3n) is 3.91. The van der Waals surface area contributed by atoms with Gasteiger partial charge < -0.3 is 15.8 Å². The third kappa shape index (κ3) is 5.38. The summed E-state index contributed by atoms with van der Waals surface area (Å²) in [5.41, 5.74) is 6.63. The molecule has 0 saturated heterocycles. The van der Waals surface area contributed by atoms with Gasteiger partial charge in [-0.15, -0.1) is 0 Å². The molecule has 3 N–H and O–H groups in total. The molecule has 0 heterocycles.